The Morgan fingerprint density at radius 2 is 2.03 bits per heavy atom. The summed E-state index contributed by atoms with van der Waals surface area (Å²) in [7, 11) is -3.88. The molecule has 1 aliphatic heterocycles. The average Bonchev–Trinajstić information content (AvgIpc) is 3.31. The molecule has 154 valence electrons. The predicted octanol–water partition coefficient (Wildman–Crippen LogP) is 1.96. The van der Waals surface area contributed by atoms with Crippen molar-refractivity contribution >= 4 is 26.8 Å². The highest BCUT2D eigenvalue weighted by Gasteiger charge is 2.22. The number of aromatic nitrogens is 3. The van der Waals surface area contributed by atoms with Crippen LogP contribution in [-0.4, -0.2) is 35.9 Å². The summed E-state index contributed by atoms with van der Waals surface area (Å²) in [5, 5.41) is 4.19. The van der Waals surface area contributed by atoms with E-state index < -0.39 is 15.8 Å². The van der Waals surface area contributed by atoms with Gasteiger partial charge in [0.15, 0.2) is 23.2 Å². The van der Waals surface area contributed by atoms with E-state index in [9.17, 15) is 13.2 Å². The number of H-pyrrole nitrogens is 1. The van der Waals surface area contributed by atoms with Crippen molar-refractivity contribution in [3.63, 3.8) is 0 Å². The maximum Gasteiger partial charge on any atom is 0.417 e. The van der Waals surface area contributed by atoms with Crippen molar-refractivity contribution in [1.29, 1.82) is 0 Å². The standard InChI is InChI=1S/C19H16N4O6S/c24-19-21-15-7-14(5-6-16(15)29-19)30(25,26)22-12-8-20-23(9-12)10-13-11-27-17-3-1-2-4-18(17)28-13/h1-9,13,22H,10-11H2,(H,21,24). The summed E-state index contributed by atoms with van der Waals surface area (Å²) in [5.41, 5.74) is 0.879. The predicted molar refractivity (Wildman–Crippen MR) is 106 cm³/mol. The van der Waals surface area contributed by atoms with Gasteiger partial charge in [0.25, 0.3) is 10.0 Å². The number of rotatable bonds is 5. The number of anilines is 1. The minimum absolute atomic E-state index is 0.0135. The molecule has 1 atom stereocenters. The summed E-state index contributed by atoms with van der Waals surface area (Å²) < 4.78 is 45.9. The van der Waals surface area contributed by atoms with Crippen LogP contribution in [0.1, 0.15) is 0 Å². The monoisotopic (exact) mass is 428 g/mol. The Balaban J connectivity index is 1.30. The van der Waals surface area contributed by atoms with Crippen molar-refractivity contribution in [3.05, 3.63) is 65.4 Å². The molecule has 2 aromatic heterocycles. The fourth-order valence-corrected chi connectivity index (χ4v) is 4.24. The Kier molecular flexibility index (Phi) is 4.24. The normalized spacial score (nSPS) is 15.9. The minimum atomic E-state index is -3.88. The maximum absolute atomic E-state index is 12.7. The van der Waals surface area contributed by atoms with Crippen LogP contribution in [0.25, 0.3) is 11.1 Å². The summed E-state index contributed by atoms with van der Waals surface area (Å²) in [6, 6.07) is 11.5. The molecule has 0 amide bonds. The lowest BCUT2D eigenvalue weighted by molar-refractivity contribution is 0.0759. The summed E-state index contributed by atoms with van der Waals surface area (Å²) >= 11 is 0. The molecule has 3 heterocycles. The first-order valence-corrected chi connectivity index (χ1v) is 10.5. The second kappa shape index (κ2) is 6.95. The molecule has 4 aromatic rings. The van der Waals surface area contributed by atoms with Crippen molar-refractivity contribution in [2.45, 2.75) is 17.5 Å². The molecule has 10 nitrogen and oxygen atoms in total. The zero-order valence-corrected chi connectivity index (χ0v) is 16.3. The van der Waals surface area contributed by atoms with Crippen LogP contribution in [0.3, 0.4) is 0 Å². The van der Waals surface area contributed by atoms with Gasteiger partial charge in [0.1, 0.15) is 6.61 Å². The highest BCUT2D eigenvalue weighted by Crippen LogP contribution is 2.31. The van der Waals surface area contributed by atoms with Gasteiger partial charge in [0.2, 0.25) is 0 Å². The number of sulfonamides is 1. The zero-order valence-electron chi connectivity index (χ0n) is 15.4. The topological polar surface area (TPSA) is 128 Å². The molecule has 1 unspecified atom stereocenters. The van der Waals surface area contributed by atoms with Crippen LogP contribution in [0.15, 0.2) is 69.0 Å². The van der Waals surface area contributed by atoms with Crippen LogP contribution in [0.2, 0.25) is 0 Å². The number of oxazole rings is 1. The number of nitrogens with zero attached hydrogens (tertiary/aromatic N) is 2. The first-order chi connectivity index (χ1) is 14.5. The molecule has 0 aliphatic carbocycles. The molecule has 2 aromatic carbocycles. The number of nitrogens with one attached hydrogen (secondary N) is 2. The van der Waals surface area contributed by atoms with E-state index in [1.807, 2.05) is 24.3 Å². The molecule has 0 spiro atoms. The second-order valence-corrected chi connectivity index (χ2v) is 8.41. The third-order valence-corrected chi connectivity index (χ3v) is 5.92. The van der Waals surface area contributed by atoms with Crippen molar-refractivity contribution in [3.8, 4) is 11.5 Å². The Morgan fingerprint density at radius 1 is 1.20 bits per heavy atom. The third kappa shape index (κ3) is 3.50. The van der Waals surface area contributed by atoms with Crippen molar-refractivity contribution in [2.75, 3.05) is 11.3 Å². The molecule has 1 aliphatic rings. The first-order valence-electron chi connectivity index (χ1n) is 9.03. The van der Waals surface area contributed by atoms with E-state index >= 15 is 0 Å². The van der Waals surface area contributed by atoms with E-state index in [1.165, 1.54) is 24.4 Å². The fraction of sp³-hybridized carbons (Fsp3) is 0.158. The van der Waals surface area contributed by atoms with Gasteiger partial charge in [-0.25, -0.2) is 13.2 Å². The molecule has 0 saturated carbocycles. The van der Waals surface area contributed by atoms with Crippen molar-refractivity contribution < 1.29 is 22.3 Å². The van der Waals surface area contributed by atoms with Crippen LogP contribution in [-0.2, 0) is 16.6 Å². The lowest BCUT2D eigenvalue weighted by Crippen LogP contribution is -2.33. The van der Waals surface area contributed by atoms with Crippen LogP contribution >= 0.6 is 0 Å². The van der Waals surface area contributed by atoms with Gasteiger partial charge in [-0.3, -0.25) is 14.4 Å². The summed E-state index contributed by atoms with van der Waals surface area (Å²) in [5.74, 6) is 0.707. The summed E-state index contributed by atoms with van der Waals surface area (Å²) in [4.78, 5) is 13.7. The van der Waals surface area contributed by atoms with Crippen LogP contribution < -0.4 is 20.0 Å². The van der Waals surface area contributed by atoms with Gasteiger partial charge in [-0.15, -0.1) is 0 Å². The van der Waals surface area contributed by atoms with Crippen LogP contribution in [0, 0.1) is 0 Å². The van der Waals surface area contributed by atoms with E-state index in [-0.39, 0.29) is 16.6 Å². The van der Waals surface area contributed by atoms with Gasteiger partial charge in [-0.1, -0.05) is 12.1 Å². The number of aromatic amines is 1. The molecule has 5 rings (SSSR count). The van der Waals surface area contributed by atoms with Crippen LogP contribution in [0.4, 0.5) is 5.69 Å². The van der Waals surface area contributed by atoms with Crippen molar-refractivity contribution in [2.24, 2.45) is 0 Å². The molecule has 2 N–H and O–H groups in total. The van der Waals surface area contributed by atoms with E-state index in [0.717, 1.165) is 0 Å². The third-order valence-electron chi connectivity index (χ3n) is 4.54. The zero-order chi connectivity index (χ0) is 20.7. The number of fused-ring (bicyclic) bond motifs is 2. The summed E-state index contributed by atoms with van der Waals surface area (Å²) in [6.07, 6.45) is 2.72. The van der Waals surface area contributed by atoms with Gasteiger partial charge in [0, 0.05) is 6.20 Å². The second-order valence-electron chi connectivity index (χ2n) is 6.73. The molecule has 0 bridgehead atoms. The number of ether oxygens (including phenoxy) is 2. The highest BCUT2D eigenvalue weighted by atomic mass is 32.2. The Bertz CT molecular complexity index is 1390. The molecule has 30 heavy (non-hydrogen) atoms. The van der Waals surface area contributed by atoms with Gasteiger partial charge >= 0.3 is 5.76 Å². The number of hydrogen-bond acceptors (Lipinski definition) is 7. The maximum atomic E-state index is 12.7. The molecule has 0 saturated heterocycles. The van der Waals surface area contributed by atoms with E-state index in [4.69, 9.17) is 13.9 Å². The molecular weight excluding hydrogens is 412 g/mol. The van der Waals surface area contributed by atoms with Gasteiger partial charge in [-0.05, 0) is 30.3 Å². The summed E-state index contributed by atoms with van der Waals surface area (Å²) in [6.45, 7) is 0.749. The van der Waals surface area contributed by atoms with E-state index in [2.05, 4.69) is 14.8 Å². The Hall–Kier alpha value is -3.73. The number of hydrogen-bond donors (Lipinski definition) is 2. The van der Waals surface area contributed by atoms with Gasteiger partial charge < -0.3 is 13.9 Å². The van der Waals surface area contributed by atoms with E-state index in [1.54, 1.807) is 10.9 Å². The number of benzene rings is 2. The highest BCUT2D eigenvalue weighted by molar-refractivity contribution is 7.92. The average molecular weight is 428 g/mol. The molecular formula is C19H16N4O6S. The lowest BCUT2D eigenvalue weighted by Gasteiger charge is -2.26. The quantitative estimate of drug-likeness (QED) is 0.497. The Morgan fingerprint density at radius 3 is 2.90 bits per heavy atom. The molecule has 11 heteroatoms. The SMILES string of the molecule is O=c1[nH]c2cc(S(=O)(=O)Nc3cnn(CC4COc5ccccc5O4)c3)ccc2o1. The lowest BCUT2D eigenvalue weighted by atomic mass is 10.2. The first kappa shape index (κ1) is 18.3. The van der Waals surface area contributed by atoms with Gasteiger partial charge in [0.05, 0.1) is 28.8 Å². The van der Waals surface area contributed by atoms with Gasteiger partial charge in [-0.2, -0.15) is 5.10 Å². The smallest absolute Gasteiger partial charge is 0.417 e. The van der Waals surface area contributed by atoms with E-state index in [0.29, 0.717) is 35.9 Å². The Labute approximate surface area is 170 Å². The van der Waals surface area contributed by atoms with Crippen LogP contribution in [0.5, 0.6) is 11.5 Å². The number of para-hydroxylation sites is 2. The largest absolute Gasteiger partial charge is 0.486 e. The van der Waals surface area contributed by atoms with Crippen molar-refractivity contribution in [1.82, 2.24) is 14.8 Å². The minimum Gasteiger partial charge on any atom is -0.486 e. The molecule has 0 radical (unpaired) electrons. The molecule has 0 fully saturated rings. The fourth-order valence-electron chi connectivity index (χ4n) is 3.19.